The topological polar surface area (TPSA) is 107 Å². The van der Waals surface area contributed by atoms with Crippen molar-refractivity contribution in [3.63, 3.8) is 0 Å². The van der Waals surface area contributed by atoms with Crippen molar-refractivity contribution in [2.24, 2.45) is 5.92 Å². The fourth-order valence-corrected chi connectivity index (χ4v) is 6.93. The summed E-state index contributed by atoms with van der Waals surface area (Å²) >= 11 is 0. The molecule has 42 heavy (non-hydrogen) atoms. The predicted octanol–water partition coefficient (Wildman–Crippen LogP) is 5.23. The monoisotopic (exact) mass is 566 g/mol. The summed E-state index contributed by atoms with van der Waals surface area (Å²) < 4.78 is 11.1. The molecule has 1 fully saturated rings. The van der Waals surface area contributed by atoms with Crippen LogP contribution in [0.15, 0.2) is 60.7 Å². The molecular weight excluding hydrogens is 532 g/mol. The molecule has 0 spiro atoms. The molecule has 3 amide bonds. The number of aliphatic hydroxyl groups is 1. The van der Waals surface area contributed by atoms with Gasteiger partial charge in [-0.05, 0) is 61.6 Å². The van der Waals surface area contributed by atoms with Crippen LogP contribution >= 0.6 is 0 Å². The summed E-state index contributed by atoms with van der Waals surface area (Å²) in [6.07, 6.45) is 0.320. The molecule has 0 radical (unpaired) electrons. The number of nitrogens with zero attached hydrogens (tertiary/aromatic N) is 2. The second-order valence-electron chi connectivity index (χ2n) is 11.5. The Morgan fingerprint density at radius 2 is 1.93 bits per heavy atom. The third-order valence-corrected chi connectivity index (χ3v) is 9.14. The number of benzene rings is 3. The quantitative estimate of drug-likeness (QED) is 0.314. The summed E-state index contributed by atoms with van der Waals surface area (Å²) in [6.45, 7) is 4.36. The first-order valence-electron chi connectivity index (χ1n) is 14.4. The summed E-state index contributed by atoms with van der Waals surface area (Å²) in [7, 11) is 1.71. The maximum Gasteiger partial charge on any atom is 0.321 e. The molecule has 3 N–H and O–H groups in total. The fourth-order valence-electron chi connectivity index (χ4n) is 6.93. The van der Waals surface area contributed by atoms with Crippen molar-refractivity contribution in [2.75, 3.05) is 25.7 Å². The molecule has 7 rings (SSSR count). The molecule has 3 aliphatic rings. The number of carbonyl (C=O) groups excluding carboxylic acids is 2. The van der Waals surface area contributed by atoms with Crippen LogP contribution in [0.3, 0.4) is 0 Å². The maximum atomic E-state index is 13.9. The third-order valence-electron chi connectivity index (χ3n) is 9.14. The van der Waals surface area contributed by atoms with Crippen LogP contribution in [0.4, 0.5) is 10.5 Å². The van der Waals surface area contributed by atoms with E-state index >= 15 is 0 Å². The molecule has 216 valence electrons. The third kappa shape index (κ3) is 4.18. The van der Waals surface area contributed by atoms with Gasteiger partial charge in [0.1, 0.15) is 0 Å². The van der Waals surface area contributed by atoms with E-state index in [1.807, 2.05) is 54.3 Å². The summed E-state index contributed by atoms with van der Waals surface area (Å²) in [5, 5.41) is 14.9. The fraction of sp³-hybridized carbons (Fsp3) is 0.333. The molecule has 0 unspecified atom stereocenters. The van der Waals surface area contributed by atoms with Gasteiger partial charge in [-0.15, -0.1) is 0 Å². The van der Waals surface area contributed by atoms with E-state index in [9.17, 15) is 14.7 Å². The van der Waals surface area contributed by atoms with Gasteiger partial charge in [-0.25, -0.2) is 4.79 Å². The van der Waals surface area contributed by atoms with Crippen LogP contribution in [0.5, 0.6) is 11.5 Å². The number of piperidine rings is 1. The van der Waals surface area contributed by atoms with Gasteiger partial charge >= 0.3 is 6.03 Å². The number of urea groups is 1. The van der Waals surface area contributed by atoms with Crippen LogP contribution < -0.4 is 14.8 Å². The number of hydrogen-bond acceptors (Lipinski definition) is 5. The highest BCUT2D eigenvalue weighted by Crippen LogP contribution is 2.45. The molecule has 1 aromatic heterocycles. The molecule has 3 aromatic carbocycles. The van der Waals surface area contributed by atoms with Gasteiger partial charge in [-0.3, -0.25) is 4.79 Å². The van der Waals surface area contributed by atoms with Gasteiger partial charge in [-0.2, -0.15) is 0 Å². The van der Waals surface area contributed by atoms with Crippen LogP contribution in [-0.4, -0.2) is 64.4 Å². The normalized spacial score (nSPS) is 21.6. The Bertz CT molecular complexity index is 1710. The van der Waals surface area contributed by atoms with E-state index in [-0.39, 0.29) is 24.8 Å². The van der Waals surface area contributed by atoms with Gasteiger partial charge < -0.3 is 34.7 Å². The largest absolute Gasteiger partial charge is 0.454 e. The Morgan fingerprint density at radius 1 is 1.12 bits per heavy atom. The molecule has 0 bridgehead atoms. The maximum absolute atomic E-state index is 13.9. The Kier molecular flexibility index (Phi) is 6.35. The number of anilines is 1. The van der Waals surface area contributed by atoms with Crippen LogP contribution in [0, 0.1) is 12.8 Å². The molecular formula is C33H34N4O5. The first-order chi connectivity index (χ1) is 20.3. The lowest BCUT2D eigenvalue weighted by Crippen LogP contribution is -2.60. The van der Waals surface area contributed by atoms with Crippen LogP contribution in [-0.2, 0) is 11.2 Å². The van der Waals surface area contributed by atoms with Gasteiger partial charge in [-0.1, -0.05) is 42.5 Å². The zero-order valence-electron chi connectivity index (χ0n) is 23.9. The zero-order valence-corrected chi connectivity index (χ0v) is 23.9. The molecule has 3 aliphatic heterocycles. The number of nitrogens with one attached hydrogen (secondary N) is 2. The van der Waals surface area contributed by atoms with Crippen molar-refractivity contribution < 1.29 is 24.2 Å². The zero-order chi connectivity index (χ0) is 29.1. The standard InChI is InChI=1S/C33H34N4O5/c1-18-7-4-5-10-24(18)34-33(40)36(3)25-16-26-31-23(13-14-37(26)32(39)29(25)19(2)38)22-9-6-8-21(30(22)35-31)20-11-12-27-28(15-20)42-17-41-27/h4-12,15,19,25-26,29,35,38H,13-14,16-17H2,1-3H3,(H,34,40)/t19-,25-,26-,29-/m0/s1. The summed E-state index contributed by atoms with van der Waals surface area (Å²) in [4.78, 5) is 34.6. The molecule has 1 saturated heterocycles. The average molecular weight is 567 g/mol. The number of H-pyrrole nitrogens is 1. The molecule has 4 aromatic rings. The highest BCUT2D eigenvalue weighted by Gasteiger charge is 2.49. The van der Waals surface area contributed by atoms with Crippen molar-refractivity contribution in [1.82, 2.24) is 14.8 Å². The van der Waals surface area contributed by atoms with E-state index in [0.717, 1.165) is 50.5 Å². The number of aromatic nitrogens is 1. The Labute approximate surface area is 244 Å². The Hall–Kier alpha value is -4.50. The molecule has 4 heterocycles. The molecule has 9 heteroatoms. The number of aryl methyl sites for hydroxylation is 1. The highest BCUT2D eigenvalue weighted by atomic mass is 16.7. The van der Waals surface area contributed by atoms with E-state index in [2.05, 4.69) is 28.5 Å². The van der Waals surface area contributed by atoms with Crippen molar-refractivity contribution in [3.05, 3.63) is 77.5 Å². The van der Waals surface area contributed by atoms with Crippen LogP contribution in [0.2, 0.25) is 0 Å². The van der Waals surface area contributed by atoms with Crippen molar-refractivity contribution in [2.45, 2.75) is 44.9 Å². The van der Waals surface area contributed by atoms with Gasteiger partial charge in [0.05, 0.1) is 23.6 Å². The summed E-state index contributed by atoms with van der Waals surface area (Å²) in [5.74, 6) is 0.623. The van der Waals surface area contributed by atoms with Gasteiger partial charge in [0, 0.05) is 42.0 Å². The van der Waals surface area contributed by atoms with Gasteiger partial charge in [0.2, 0.25) is 12.7 Å². The lowest BCUT2D eigenvalue weighted by Gasteiger charge is -2.48. The Balaban J connectivity index is 1.25. The first-order valence-corrected chi connectivity index (χ1v) is 14.4. The van der Waals surface area contributed by atoms with Gasteiger partial charge in [0.15, 0.2) is 11.5 Å². The SMILES string of the molecule is Cc1ccccc1NC(=O)N(C)[C@H]1C[C@H]2c3[nH]c4c(-c5ccc6c(c5)OCO6)cccc4c3CCN2C(=O)[C@H]1[C@H](C)O. The molecule has 0 aliphatic carbocycles. The minimum Gasteiger partial charge on any atom is -0.454 e. The van der Waals surface area contributed by atoms with Crippen LogP contribution in [0.25, 0.3) is 22.0 Å². The molecule has 0 saturated carbocycles. The Morgan fingerprint density at radius 3 is 2.74 bits per heavy atom. The minimum absolute atomic E-state index is 0.123. The lowest BCUT2D eigenvalue weighted by molar-refractivity contribution is -0.151. The average Bonchev–Trinajstić information content (AvgIpc) is 3.62. The molecule has 4 atom stereocenters. The highest BCUT2D eigenvalue weighted by molar-refractivity contribution is 5.98. The van der Waals surface area contributed by atoms with E-state index in [1.165, 1.54) is 5.56 Å². The lowest BCUT2D eigenvalue weighted by atomic mass is 9.79. The predicted molar refractivity (Wildman–Crippen MR) is 160 cm³/mol. The van der Waals surface area contributed by atoms with Crippen LogP contribution in [0.1, 0.15) is 36.2 Å². The summed E-state index contributed by atoms with van der Waals surface area (Å²) in [5.41, 5.74) is 6.93. The van der Waals surface area contributed by atoms with Crippen molar-refractivity contribution >= 4 is 28.5 Å². The number of para-hydroxylation sites is 2. The number of aromatic amines is 1. The second kappa shape index (κ2) is 10.1. The van der Waals surface area contributed by atoms with E-state index in [1.54, 1.807) is 18.9 Å². The van der Waals surface area contributed by atoms with Crippen molar-refractivity contribution in [3.8, 4) is 22.6 Å². The second-order valence-corrected chi connectivity index (χ2v) is 11.5. The van der Waals surface area contributed by atoms with Gasteiger partial charge in [0.25, 0.3) is 0 Å². The van der Waals surface area contributed by atoms with E-state index in [0.29, 0.717) is 19.4 Å². The van der Waals surface area contributed by atoms with E-state index in [4.69, 9.17) is 9.47 Å². The number of fused-ring (bicyclic) bond motifs is 6. The number of carbonyl (C=O) groups is 2. The van der Waals surface area contributed by atoms with Crippen molar-refractivity contribution in [1.29, 1.82) is 0 Å². The number of ether oxygens (including phenoxy) is 2. The minimum atomic E-state index is -0.904. The number of aliphatic hydroxyl groups excluding tert-OH is 1. The summed E-state index contributed by atoms with van der Waals surface area (Å²) in [6, 6.07) is 18.8. The van der Waals surface area contributed by atoms with E-state index < -0.39 is 18.1 Å². The number of hydrogen-bond donors (Lipinski definition) is 3. The first kappa shape index (κ1) is 26.4. The molecule has 9 nitrogen and oxygen atoms in total. The number of amides is 3. The smallest absolute Gasteiger partial charge is 0.321 e. The number of rotatable bonds is 4.